The van der Waals surface area contributed by atoms with Crippen molar-refractivity contribution in [2.75, 3.05) is 0 Å². The topological polar surface area (TPSA) is 86.7 Å². The molecule has 1 saturated carbocycles. The Bertz CT molecular complexity index is 643. The maximum atomic E-state index is 13.3. The van der Waals surface area contributed by atoms with Crippen LogP contribution in [0.1, 0.15) is 18.9 Å². The minimum Gasteiger partial charge on any atom is -0.258 e. The highest BCUT2D eigenvalue weighted by atomic mass is 32.2. The number of aromatic nitrogens is 4. The molecule has 19 heavy (non-hydrogen) atoms. The van der Waals surface area contributed by atoms with E-state index < -0.39 is 10.7 Å². The summed E-state index contributed by atoms with van der Waals surface area (Å²) in [6, 6.07) is 3.71. The van der Waals surface area contributed by atoms with Crippen LogP contribution in [0.2, 0.25) is 0 Å². The number of hydrogen-bond donors (Lipinski definition) is 0. The fourth-order valence-electron chi connectivity index (χ4n) is 1.62. The largest absolute Gasteiger partial charge is 0.273 e. The van der Waals surface area contributed by atoms with E-state index in [9.17, 15) is 14.5 Å². The Labute approximate surface area is 111 Å². The van der Waals surface area contributed by atoms with E-state index in [-0.39, 0.29) is 5.69 Å². The Morgan fingerprint density at radius 1 is 1.42 bits per heavy atom. The van der Waals surface area contributed by atoms with Gasteiger partial charge < -0.3 is 0 Å². The van der Waals surface area contributed by atoms with Gasteiger partial charge in [-0.25, -0.2) is 9.07 Å². The third-order valence-corrected chi connectivity index (χ3v) is 3.55. The number of nitro benzene ring substituents is 1. The van der Waals surface area contributed by atoms with Crippen LogP contribution in [0.15, 0.2) is 28.3 Å². The summed E-state index contributed by atoms with van der Waals surface area (Å²) < 4.78 is 15.0. The molecule has 1 aliphatic rings. The highest BCUT2D eigenvalue weighted by Gasteiger charge is 2.28. The summed E-state index contributed by atoms with van der Waals surface area (Å²) in [4.78, 5) is 10.5. The predicted molar refractivity (Wildman–Crippen MR) is 63.3 cm³/mol. The van der Waals surface area contributed by atoms with Gasteiger partial charge in [-0.05, 0) is 41.1 Å². The summed E-state index contributed by atoms with van der Waals surface area (Å²) >= 11 is 1.12. The van der Waals surface area contributed by atoms with Crippen molar-refractivity contribution in [1.82, 2.24) is 20.2 Å². The number of hydrogen-bond acceptors (Lipinski definition) is 6. The van der Waals surface area contributed by atoms with Crippen molar-refractivity contribution >= 4 is 17.4 Å². The third-order valence-electron chi connectivity index (χ3n) is 2.63. The number of nitro groups is 1. The summed E-state index contributed by atoms with van der Waals surface area (Å²) in [6.07, 6.45) is 2.03. The van der Waals surface area contributed by atoms with Gasteiger partial charge in [-0.15, -0.1) is 5.10 Å². The van der Waals surface area contributed by atoms with Crippen molar-refractivity contribution in [1.29, 1.82) is 0 Å². The van der Waals surface area contributed by atoms with Crippen molar-refractivity contribution in [2.45, 2.75) is 28.9 Å². The first-order valence-electron chi connectivity index (χ1n) is 5.54. The van der Waals surface area contributed by atoms with Gasteiger partial charge in [-0.3, -0.25) is 10.1 Å². The standard InChI is InChI=1S/C10H8FN5O2S/c11-6-3-8(16(17)18)5-9(4-6)19-10-12-13-14-15(10)7-1-2-7/h3-5,7H,1-2H2. The van der Waals surface area contributed by atoms with Crippen molar-refractivity contribution < 1.29 is 9.31 Å². The second-order valence-corrected chi connectivity index (χ2v) is 5.18. The molecular weight excluding hydrogens is 273 g/mol. The number of tetrazole rings is 1. The quantitative estimate of drug-likeness (QED) is 0.630. The Hall–Kier alpha value is -2.03. The lowest BCUT2D eigenvalue weighted by Gasteiger charge is -2.02. The van der Waals surface area contributed by atoms with Crippen LogP contribution in [0.5, 0.6) is 0 Å². The van der Waals surface area contributed by atoms with Crippen LogP contribution in [0, 0.1) is 15.9 Å². The lowest BCUT2D eigenvalue weighted by molar-refractivity contribution is -0.385. The van der Waals surface area contributed by atoms with Gasteiger partial charge in [0, 0.05) is 11.0 Å². The van der Waals surface area contributed by atoms with E-state index in [1.54, 1.807) is 4.68 Å². The molecule has 2 aromatic rings. The minimum absolute atomic E-state index is 0.284. The van der Waals surface area contributed by atoms with Gasteiger partial charge in [0.15, 0.2) is 0 Å². The summed E-state index contributed by atoms with van der Waals surface area (Å²) in [5.41, 5.74) is -0.284. The molecule has 9 heteroatoms. The van der Waals surface area contributed by atoms with Crippen molar-refractivity contribution in [3.8, 4) is 0 Å². The second kappa shape index (κ2) is 4.57. The van der Waals surface area contributed by atoms with Crippen LogP contribution < -0.4 is 0 Å². The van der Waals surface area contributed by atoms with Gasteiger partial charge in [0.1, 0.15) is 5.82 Å². The molecule has 0 saturated heterocycles. The average molecular weight is 281 g/mol. The third kappa shape index (κ3) is 2.55. The SMILES string of the molecule is O=[N+]([O-])c1cc(F)cc(Sc2nnnn2C2CC2)c1. The zero-order valence-corrected chi connectivity index (χ0v) is 10.4. The number of nitrogens with zero attached hydrogens (tertiary/aromatic N) is 5. The van der Waals surface area contributed by atoms with Gasteiger partial charge in [-0.2, -0.15) is 0 Å². The van der Waals surface area contributed by atoms with Gasteiger partial charge in [-0.1, -0.05) is 0 Å². The molecule has 98 valence electrons. The van der Waals surface area contributed by atoms with Crippen LogP contribution in [0.4, 0.5) is 10.1 Å². The van der Waals surface area contributed by atoms with Crippen LogP contribution >= 0.6 is 11.8 Å². The Morgan fingerprint density at radius 3 is 2.89 bits per heavy atom. The Balaban J connectivity index is 1.90. The molecule has 0 radical (unpaired) electrons. The first kappa shape index (κ1) is 12.0. The first-order valence-corrected chi connectivity index (χ1v) is 6.36. The maximum absolute atomic E-state index is 13.3. The molecule has 0 bridgehead atoms. The average Bonchev–Trinajstić information content (AvgIpc) is 3.10. The summed E-state index contributed by atoms with van der Waals surface area (Å²) in [6.45, 7) is 0. The van der Waals surface area contributed by atoms with Crippen LogP contribution in [0.25, 0.3) is 0 Å². The van der Waals surface area contributed by atoms with E-state index in [1.165, 1.54) is 12.1 Å². The van der Waals surface area contributed by atoms with Crippen molar-refractivity contribution in [3.63, 3.8) is 0 Å². The molecule has 1 heterocycles. The molecule has 0 amide bonds. The lowest BCUT2D eigenvalue weighted by Crippen LogP contribution is -1.98. The summed E-state index contributed by atoms with van der Waals surface area (Å²) in [7, 11) is 0. The number of non-ortho nitro benzene ring substituents is 1. The molecule has 0 atom stereocenters. The number of benzene rings is 1. The monoisotopic (exact) mass is 281 g/mol. The molecule has 1 aromatic carbocycles. The van der Waals surface area contributed by atoms with Gasteiger partial charge in [0.05, 0.1) is 17.0 Å². The van der Waals surface area contributed by atoms with E-state index in [2.05, 4.69) is 15.5 Å². The molecule has 0 aliphatic heterocycles. The second-order valence-electron chi connectivity index (χ2n) is 4.14. The van der Waals surface area contributed by atoms with Crippen LogP contribution in [0.3, 0.4) is 0 Å². The molecule has 1 aromatic heterocycles. The molecule has 1 aliphatic carbocycles. The first-order chi connectivity index (χ1) is 9.13. The Morgan fingerprint density at radius 2 is 2.21 bits per heavy atom. The van der Waals surface area contributed by atoms with Gasteiger partial charge >= 0.3 is 0 Å². The number of rotatable bonds is 4. The molecule has 0 unspecified atom stereocenters. The normalized spacial score (nSPS) is 14.6. The van der Waals surface area contributed by atoms with Crippen LogP contribution in [-0.4, -0.2) is 25.1 Å². The molecule has 3 rings (SSSR count). The highest BCUT2D eigenvalue weighted by Crippen LogP contribution is 2.38. The maximum Gasteiger partial charge on any atom is 0.273 e. The van der Waals surface area contributed by atoms with Crippen LogP contribution in [-0.2, 0) is 0 Å². The van der Waals surface area contributed by atoms with Gasteiger partial charge in [0.25, 0.3) is 5.69 Å². The predicted octanol–water partition coefficient (Wildman–Crippen LogP) is 2.21. The van der Waals surface area contributed by atoms with E-state index in [1.807, 2.05) is 0 Å². The van der Waals surface area contributed by atoms with Crippen molar-refractivity contribution in [3.05, 3.63) is 34.1 Å². The summed E-state index contributed by atoms with van der Waals surface area (Å²) in [5.74, 6) is -0.651. The summed E-state index contributed by atoms with van der Waals surface area (Å²) in [5, 5.41) is 22.5. The smallest absolute Gasteiger partial charge is 0.258 e. The number of halogens is 1. The molecule has 7 nitrogen and oxygen atoms in total. The fourth-order valence-corrected chi connectivity index (χ4v) is 2.54. The fraction of sp³-hybridized carbons (Fsp3) is 0.300. The zero-order chi connectivity index (χ0) is 13.4. The minimum atomic E-state index is -0.651. The zero-order valence-electron chi connectivity index (χ0n) is 9.56. The molecule has 1 fully saturated rings. The van der Waals surface area contributed by atoms with Gasteiger partial charge in [0.2, 0.25) is 5.16 Å². The Kier molecular flexibility index (Phi) is 2.90. The van der Waals surface area contributed by atoms with E-state index in [0.29, 0.717) is 16.1 Å². The van der Waals surface area contributed by atoms with E-state index in [0.717, 1.165) is 30.7 Å². The molecular formula is C10H8FN5O2S. The van der Waals surface area contributed by atoms with E-state index >= 15 is 0 Å². The van der Waals surface area contributed by atoms with E-state index in [4.69, 9.17) is 0 Å². The molecule has 0 spiro atoms. The lowest BCUT2D eigenvalue weighted by atomic mass is 10.3. The molecule has 0 N–H and O–H groups in total. The highest BCUT2D eigenvalue weighted by molar-refractivity contribution is 7.99. The van der Waals surface area contributed by atoms with Crippen molar-refractivity contribution in [2.24, 2.45) is 0 Å².